The number of nitrogens with one attached hydrogen (secondary N) is 1. The Balaban J connectivity index is 2.37. The van der Waals surface area contributed by atoms with Gasteiger partial charge in [0.25, 0.3) is 10.0 Å². The Morgan fingerprint density at radius 3 is 2.67 bits per heavy atom. The van der Waals surface area contributed by atoms with Gasteiger partial charge in [-0.3, -0.25) is 9.40 Å². The Kier molecular flexibility index (Phi) is 3.35. The van der Waals surface area contributed by atoms with Gasteiger partial charge in [-0.1, -0.05) is 18.2 Å². The van der Waals surface area contributed by atoms with Gasteiger partial charge in [0.1, 0.15) is 0 Å². The first-order valence-electron chi connectivity index (χ1n) is 5.24. The summed E-state index contributed by atoms with van der Waals surface area (Å²) in [6.45, 7) is -0.232. The van der Waals surface area contributed by atoms with E-state index in [1.807, 2.05) is 0 Å². The largest absolute Gasteiger partial charge is 0.392 e. The van der Waals surface area contributed by atoms with Gasteiger partial charge in [-0.05, 0) is 12.1 Å². The molecule has 0 unspecified atom stereocenters. The summed E-state index contributed by atoms with van der Waals surface area (Å²) in [4.78, 5) is 0. The lowest BCUT2D eigenvalue weighted by Crippen LogP contribution is -2.17. The first-order valence-corrected chi connectivity index (χ1v) is 6.72. The third-order valence-corrected chi connectivity index (χ3v) is 3.92. The van der Waals surface area contributed by atoms with Gasteiger partial charge in [0.15, 0.2) is 5.03 Å². The maximum atomic E-state index is 12.1. The lowest BCUT2D eigenvalue weighted by Gasteiger charge is -2.11. The fourth-order valence-corrected chi connectivity index (χ4v) is 2.81. The van der Waals surface area contributed by atoms with E-state index in [4.69, 9.17) is 5.11 Å². The van der Waals surface area contributed by atoms with Crippen LogP contribution in [0.25, 0.3) is 0 Å². The molecule has 6 nitrogen and oxygen atoms in total. The Morgan fingerprint density at radius 1 is 1.33 bits per heavy atom. The van der Waals surface area contributed by atoms with Gasteiger partial charge in [-0.25, -0.2) is 0 Å². The van der Waals surface area contributed by atoms with Crippen LogP contribution in [0.5, 0.6) is 0 Å². The molecule has 0 aliphatic rings. The van der Waals surface area contributed by atoms with Crippen molar-refractivity contribution in [1.82, 2.24) is 9.78 Å². The molecule has 0 fully saturated rings. The minimum atomic E-state index is -3.69. The molecule has 0 saturated heterocycles. The Bertz CT molecular complexity index is 649. The first kappa shape index (κ1) is 12.6. The number of aliphatic hydroxyl groups is 1. The third kappa shape index (κ3) is 2.36. The zero-order valence-corrected chi connectivity index (χ0v) is 10.6. The molecule has 0 spiro atoms. The van der Waals surface area contributed by atoms with E-state index in [-0.39, 0.29) is 11.6 Å². The molecule has 2 aromatic rings. The molecular weight excluding hydrogens is 254 g/mol. The van der Waals surface area contributed by atoms with Crippen LogP contribution in [0.2, 0.25) is 0 Å². The van der Waals surface area contributed by atoms with Crippen molar-refractivity contribution in [2.75, 3.05) is 4.72 Å². The number of benzene rings is 1. The second kappa shape index (κ2) is 4.79. The molecule has 1 aromatic carbocycles. The lowest BCUT2D eigenvalue weighted by atomic mass is 10.2. The molecule has 0 aliphatic carbocycles. The molecule has 96 valence electrons. The van der Waals surface area contributed by atoms with Crippen LogP contribution in [0.15, 0.2) is 41.6 Å². The average Bonchev–Trinajstić information content (AvgIpc) is 2.76. The van der Waals surface area contributed by atoms with Crippen molar-refractivity contribution in [3.05, 3.63) is 42.1 Å². The molecule has 0 bridgehead atoms. The van der Waals surface area contributed by atoms with Crippen LogP contribution in [0.3, 0.4) is 0 Å². The maximum absolute atomic E-state index is 12.1. The average molecular weight is 267 g/mol. The fraction of sp³-hybridized carbons (Fsp3) is 0.182. The van der Waals surface area contributed by atoms with Crippen molar-refractivity contribution in [2.24, 2.45) is 7.05 Å². The Morgan fingerprint density at radius 2 is 2.06 bits per heavy atom. The molecule has 1 aromatic heterocycles. The predicted molar refractivity (Wildman–Crippen MR) is 66.4 cm³/mol. The molecular formula is C11H13N3O3S. The third-order valence-electron chi connectivity index (χ3n) is 2.48. The molecule has 0 aliphatic heterocycles. The van der Waals surface area contributed by atoms with Crippen molar-refractivity contribution in [3.8, 4) is 0 Å². The highest BCUT2D eigenvalue weighted by molar-refractivity contribution is 7.92. The van der Waals surface area contributed by atoms with Gasteiger partial charge >= 0.3 is 0 Å². The summed E-state index contributed by atoms with van der Waals surface area (Å²) in [7, 11) is -2.15. The molecule has 0 amide bonds. The normalized spacial score (nSPS) is 11.4. The number of anilines is 1. The number of sulfonamides is 1. The van der Waals surface area contributed by atoms with Gasteiger partial charge < -0.3 is 5.11 Å². The van der Waals surface area contributed by atoms with Crippen LogP contribution in [0, 0.1) is 0 Å². The number of para-hydroxylation sites is 1. The van der Waals surface area contributed by atoms with Gasteiger partial charge in [-0.2, -0.15) is 13.5 Å². The number of hydrogen-bond donors (Lipinski definition) is 2. The molecule has 2 N–H and O–H groups in total. The maximum Gasteiger partial charge on any atom is 0.279 e. The minimum absolute atomic E-state index is 0.0650. The highest BCUT2D eigenvalue weighted by Crippen LogP contribution is 2.19. The molecule has 18 heavy (non-hydrogen) atoms. The number of aryl methyl sites for hydroxylation is 1. The van der Waals surface area contributed by atoms with Gasteiger partial charge in [0.2, 0.25) is 0 Å². The molecule has 1 heterocycles. The second-order valence-electron chi connectivity index (χ2n) is 3.71. The standard InChI is InChI=1S/C11H13N3O3S/c1-14-11(6-7-12-14)18(16,17)13-10-5-3-2-4-9(10)8-15/h2-7,13,15H,8H2,1H3. The van der Waals surface area contributed by atoms with Crippen molar-refractivity contribution in [1.29, 1.82) is 0 Å². The number of aliphatic hydroxyl groups excluding tert-OH is 1. The number of nitrogens with zero attached hydrogens (tertiary/aromatic N) is 2. The van der Waals surface area contributed by atoms with Crippen LogP contribution in [0.4, 0.5) is 5.69 Å². The van der Waals surface area contributed by atoms with Crippen molar-refractivity contribution in [2.45, 2.75) is 11.6 Å². The van der Waals surface area contributed by atoms with E-state index in [1.54, 1.807) is 31.3 Å². The SMILES string of the molecule is Cn1nccc1S(=O)(=O)Nc1ccccc1CO. The van der Waals surface area contributed by atoms with Crippen LogP contribution >= 0.6 is 0 Å². The molecule has 0 atom stereocenters. The summed E-state index contributed by atoms with van der Waals surface area (Å²) in [5.41, 5.74) is 0.879. The summed E-state index contributed by atoms with van der Waals surface area (Å²) < 4.78 is 27.9. The molecule has 0 radical (unpaired) electrons. The monoisotopic (exact) mass is 267 g/mol. The summed E-state index contributed by atoms with van der Waals surface area (Å²) in [6.07, 6.45) is 1.41. The molecule has 2 rings (SSSR count). The molecule has 7 heteroatoms. The predicted octanol–water partition coefficient (Wildman–Crippen LogP) is 0.713. The summed E-state index contributed by atoms with van der Waals surface area (Å²) in [5, 5.41) is 13.0. The van der Waals surface area contributed by atoms with E-state index in [0.29, 0.717) is 11.3 Å². The van der Waals surface area contributed by atoms with E-state index < -0.39 is 10.0 Å². The topological polar surface area (TPSA) is 84.2 Å². The minimum Gasteiger partial charge on any atom is -0.392 e. The van der Waals surface area contributed by atoms with Crippen LogP contribution < -0.4 is 4.72 Å². The van der Waals surface area contributed by atoms with E-state index in [0.717, 1.165) is 0 Å². The van der Waals surface area contributed by atoms with Crippen LogP contribution in [-0.4, -0.2) is 23.3 Å². The smallest absolute Gasteiger partial charge is 0.279 e. The quantitative estimate of drug-likeness (QED) is 0.854. The van der Waals surface area contributed by atoms with E-state index in [1.165, 1.54) is 16.9 Å². The van der Waals surface area contributed by atoms with Crippen LogP contribution in [-0.2, 0) is 23.7 Å². The van der Waals surface area contributed by atoms with Gasteiger partial charge in [0.05, 0.1) is 18.5 Å². The van der Waals surface area contributed by atoms with Crippen molar-refractivity contribution < 1.29 is 13.5 Å². The van der Waals surface area contributed by atoms with Crippen molar-refractivity contribution in [3.63, 3.8) is 0 Å². The first-order chi connectivity index (χ1) is 8.54. The highest BCUT2D eigenvalue weighted by atomic mass is 32.2. The van der Waals surface area contributed by atoms with Gasteiger partial charge in [0, 0.05) is 12.6 Å². The van der Waals surface area contributed by atoms with Gasteiger partial charge in [-0.15, -0.1) is 0 Å². The van der Waals surface area contributed by atoms with Crippen molar-refractivity contribution >= 4 is 15.7 Å². The number of hydrogen-bond acceptors (Lipinski definition) is 4. The zero-order chi connectivity index (χ0) is 13.2. The number of rotatable bonds is 4. The zero-order valence-electron chi connectivity index (χ0n) is 9.74. The van der Waals surface area contributed by atoms with E-state index in [2.05, 4.69) is 9.82 Å². The summed E-state index contributed by atoms with van der Waals surface area (Å²) in [6, 6.07) is 8.08. The summed E-state index contributed by atoms with van der Waals surface area (Å²) in [5.74, 6) is 0. The fourth-order valence-electron chi connectivity index (χ4n) is 1.58. The second-order valence-corrected chi connectivity index (χ2v) is 5.34. The summed E-state index contributed by atoms with van der Waals surface area (Å²) >= 11 is 0. The van der Waals surface area contributed by atoms with Crippen LogP contribution in [0.1, 0.15) is 5.56 Å². The molecule has 0 saturated carbocycles. The number of aromatic nitrogens is 2. The van der Waals surface area contributed by atoms with E-state index in [9.17, 15) is 8.42 Å². The highest BCUT2D eigenvalue weighted by Gasteiger charge is 2.18. The van der Waals surface area contributed by atoms with E-state index >= 15 is 0 Å². The lowest BCUT2D eigenvalue weighted by molar-refractivity contribution is 0.282. The Labute approximate surface area is 105 Å². The Hall–Kier alpha value is -1.86.